The van der Waals surface area contributed by atoms with Gasteiger partial charge in [0.25, 0.3) is 7.59 Å². The Morgan fingerprint density at radius 2 is 1.65 bits per heavy atom. The summed E-state index contributed by atoms with van der Waals surface area (Å²) >= 11 is 0. The fourth-order valence-electron chi connectivity index (χ4n) is 2.31. The van der Waals surface area contributed by atoms with Gasteiger partial charge in [0.1, 0.15) is 0 Å². The van der Waals surface area contributed by atoms with Crippen molar-refractivity contribution in [3.63, 3.8) is 0 Å². The molecule has 0 radical (unpaired) electrons. The largest absolute Gasteiger partial charge is 0.284 e. The molecule has 0 aromatic rings. The topological polar surface area (TPSA) is 35.1 Å². The summed E-state index contributed by atoms with van der Waals surface area (Å²) in [6.07, 6.45) is 4.92. The smallest absolute Gasteiger partial charge is 0.270 e. The molecule has 0 aromatic carbocycles. The predicted molar refractivity (Wildman–Crippen MR) is 72.1 cm³/mol. The van der Waals surface area contributed by atoms with Gasteiger partial charge in [-0.2, -0.15) is 0 Å². The highest BCUT2D eigenvalue weighted by Gasteiger charge is 2.54. The van der Waals surface area contributed by atoms with Crippen molar-refractivity contribution in [2.75, 3.05) is 19.6 Å². The third kappa shape index (κ3) is 3.11. The number of unbranched alkanes of at least 4 members (excludes halogenated alkanes) is 3. The first-order chi connectivity index (χ1) is 8.09. The van der Waals surface area contributed by atoms with Crippen LogP contribution in [0.5, 0.6) is 0 Å². The molecule has 0 amide bonds. The zero-order chi connectivity index (χ0) is 12.5. The molecule has 0 saturated carbocycles. The van der Waals surface area contributed by atoms with E-state index >= 15 is 0 Å². The van der Waals surface area contributed by atoms with E-state index in [0.717, 1.165) is 26.1 Å². The summed E-state index contributed by atoms with van der Waals surface area (Å²) in [6, 6.07) is 0.994. The van der Waals surface area contributed by atoms with Crippen molar-refractivity contribution in [2.45, 2.75) is 58.5 Å². The lowest BCUT2D eigenvalue weighted by molar-refractivity contribution is 0.486. The van der Waals surface area contributed by atoms with Crippen molar-refractivity contribution in [3.05, 3.63) is 0 Å². The van der Waals surface area contributed by atoms with E-state index in [4.69, 9.17) is 0 Å². The molecule has 2 fully saturated rings. The van der Waals surface area contributed by atoms with Crippen LogP contribution in [0.25, 0.3) is 0 Å². The van der Waals surface area contributed by atoms with Crippen LogP contribution in [0.1, 0.15) is 46.5 Å². The van der Waals surface area contributed by atoms with Crippen LogP contribution in [-0.2, 0) is 4.57 Å². The molecule has 0 bridgehead atoms. The van der Waals surface area contributed by atoms with Gasteiger partial charge in [-0.3, -0.25) is 4.57 Å². The van der Waals surface area contributed by atoms with Gasteiger partial charge in [0.2, 0.25) is 0 Å². The predicted octanol–water partition coefficient (Wildman–Crippen LogP) is 2.67. The second-order valence-corrected chi connectivity index (χ2v) is 7.89. The van der Waals surface area contributed by atoms with E-state index in [0.29, 0.717) is 12.1 Å². The highest BCUT2D eigenvalue weighted by Crippen LogP contribution is 2.61. The van der Waals surface area contributed by atoms with Crippen molar-refractivity contribution >= 4 is 7.59 Å². The molecule has 4 unspecified atom stereocenters. The van der Waals surface area contributed by atoms with Crippen LogP contribution in [-0.4, -0.2) is 41.1 Å². The molecule has 4 atom stereocenters. The first kappa shape index (κ1) is 13.5. The summed E-state index contributed by atoms with van der Waals surface area (Å²) in [7, 11) is -2.39. The molecule has 0 spiro atoms. The van der Waals surface area contributed by atoms with E-state index in [9.17, 15) is 4.57 Å². The Labute approximate surface area is 105 Å². The van der Waals surface area contributed by atoms with E-state index in [1.54, 1.807) is 0 Å². The number of nitrogens with one attached hydrogen (secondary N) is 1. The quantitative estimate of drug-likeness (QED) is 0.413. The minimum absolute atomic E-state index is 0.497. The average molecular weight is 259 g/mol. The van der Waals surface area contributed by atoms with Crippen molar-refractivity contribution < 1.29 is 4.57 Å². The van der Waals surface area contributed by atoms with Gasteiger partial charge in [-0.25, -0.2) is 14.4 Å². The monoisotopic (exact) mass is 259 g/mol. The van der Waals surface area contributed by atoms with Gasteiger partial charge in [-0.15, -0.1) is 0 Å². The van der Waals surface area contributed by atoms with Crippen LogP contribution in [0.15, 0.2) is 0 Å². The fraction of sp³-hybridized carbons (Fsp3) is 1.00. The minimum atomic E-state index is -2.39. The molecule has 2 rings (SSSR count). The molecule has 2 aliphatic rings. The average Bonchev–Trinajstić information content (AvgIpc) is 3.17. The SMILES string of the molecule is CCCCCCNP(=O)(N1CC1C)N1CC1C. The van der Waals surface area contributed by atoms with E-state index < -0.39 is 7.59 Å². The molecular formula is C12H26N3OP. The number of hydrogen-bond acceptors (Lipinski definition) is 1. The summed E-state index contributed by atoms with van der Waals surface area (Å²) in [6.45, 7) is 9.39. The zero-order valence-corrected chi connectivity index (χ0v) is 12.2. The molecule has 2 aliphatic heterocycles. The first-order valence-electron chi connectivity index (χ1n) is 6.99. The highest BCUT2D eigenvalue weighted by atomic mass is 31.2. The maximum Gasteiger partial charge on any atom is 0.284 e. The van der Waals surface area contributed by atoms with E-state index in [1.807, 2.05) is 0 Å². The maximum atomic E-state index is 12.9. The second kappa shape index (κ2) is 5.40. The molecule has 4 nitrogen and oxygen atoms in total. The molecule has 2 heterocycles. The Hall–Kier alpha value is 0.110. The molecule has 1 N–H and O–H groups in total. The van der Waals surface area contributed by atoms with E-state index in [1.165, 1.54) is 19.3 Å². The molecule has 0 aliphatic carbocycles. The molecule has 2 saturated heterocycles. The lowest BCUT2D eigenvalue weighted by Crippen LogP contribution is -2.23. The Morgan fingerprint density at radius 3 is 2.06 bits per heavy atom. The van der Waals surface area contributed by atoms with Crippen LogP contribution in [0.3, 0.4) is 0 Å². The summed E-state index contributed by atoms with van der Waals surface area (Å²) in [5.74, 6) is 0. The molecule has 17 heavy (non-hydrogen) atoms. The Balaban J connectivity index is 1.79. The van der Waals surface area contributed by atoms with Gasteiger partial charge in [-0.1, -0.05) is 26.2 Å². The van der Waals surface area contributed by atoms with E-state index in [2.05, 4.69) is 35.2 Å². The lowest BCUT2D eigenvalue weighted by atomic mass is 10.2. The third-order valence-corrected chi connectivity index (χ3v) is 6.84. The molecule has 5 heteroatoms. The van der Waals surface area contributed by atoms with Gasteiger partial charge < -0.3 is 0 Å². The zero-order valence-electron chi connectivity index (χ0n) is 11.4. The van der Waals surface area contributed by atoms with E-state index in [-0.39, 0.29) is 0 Å². The summed E-state index contributed by atoms with van der Waals surface area (Å²) in [5, 5.41) is 3.35. The number of nitrogens with zero attached hydrogens (tertiary/aromatic N) is 2. The van der Waals surface area contributed by atoms with Gasteiger partial charge in [0.15, 0.2) is 0 Å². The van der Waals surface area contributed by atoms with Gasteiger partial charge in [-0.05, 0) is 20.3 Å². The summed E-state index contributed by atoms with van der Waals surface area (Å²) in [5.41, 5.74) is 0. The van der Waals surface area contributed by atoms with Crippen LogP contribution in [0, 0.1) is 0 Å². The van der Waals surface area contributed by atoms with Crippen molar-refractivity contribution in [1.29, 1.82) is 0 Å². The Kier molecular flexibility index (Phi) is 4.30. The standard InChI is InChI=1S/C12H26N3OP/c1-4-5-6-7-8-13-17(16,14-9-11(14)2)15-10-12(15)3/h11-12H,4-10H2,1-3H3,(H,13,16). The van der Waals surface area contributed by atoms with Crippen molar-refractivity contribution in [2.24, 2.45) is 0 Å². The first-order valence-corrected chi connectivity index (χ1v) is 8.60. The normalized spacial score (nSPS) is 38.8. The number of hydrogen-bond donors (Lipinski definition) is 1. The van der Waals surface area contributed by atoms with Crippen LogP contribution >= 0.6 is 7.59 Å². The molecule has 0 aromatic heterocycles. The minimum Gasteiger partial charge on any atom is -0.270 e. The highest BCUT2D eigenvalue weighted by molar-refractivity contribution is 7.57. The molecular weight excluding hydrogens is 233 g/mol. The Bertz CT molecular complexity index is 290. The van der Waals surface area contributed by atoms with Crippen molar-refractivity contribution in [3.8, 4) is 0 Å². The summed E-state index contributed by atoms with van der Waals surface area (Å²) in [4.78, 5) is 0. The summed E-state index contributed by atoms with van der Waals surface area (Å²) < 4.78 is 17.2. The van der Waals surface area contributed by atoms with Crippen LogP contribution in [0.4, 0.5) is 0 Å². The van der Waals surface area contributed by atoms with Crippen LogP contribution in [0.2, 0.25) is 0 Å². The Morgan fingerprint density at radius 1 is 1.12 bits per heavy atom. The van der Waals surface area contributed by atoms with Gasteiger partial charge >= 0.3 is 0 Å². The fourth-order valence-corrected chi connectivity index (χ4v) is 5.40. The van der Waals surface area contributed by atoms with Crippen molar-refractivity contribution in [1.82, 2.24) is 14.4 Å². The van der Waals surface area contributed by atoms with Crippen LogP contribution < -0.4 is 5.09 Å². The number of rotatable bonds is 8. The third-order valence-electron chi connectivity index (χ3n) is 3.70. The molecule has 100 valence electrons. The second-order valence-electron chi connectivity index (χ2n) is 5.45. The maximum absolute atomic E-state index is 12.9. The lowest BCUT2D eigenvalue weighted by Gasteiger charge is -2.22. The van der Waals surface area contributed by atoms with Gasteiger partial charge in [0.05, 0.1) is 0 Å². The van der Waals surface area contributed by atoms with Gasteiger partial charge in [0, 0.05) is 31.7 Å².